The number of pyridine rings is 1. The third-order valence-corrected chi connectivity index (χ3v) is 7.13. The van der Waals surface area contributed by atoms with Crippen molar-refractivity contribution < 1.29 is 19.0 Å². The molecule has 2 aromatic rings. The van der Waals surface area contributed by atoms with E-state index in [0.29, 0.717) is 18.2 Å². The van der Waals surface area contributed by atoms with Crippen LogP contribution in [-0.2, 0) is 11.3 Å². The number of benzene rings is 1. The van der Waals surface area contributed by atoms with Gasteiger partial charge in [0.05, 0.1) is 22.2 Å². The van der Waals surface area contributed by atoms with Gasteiger partial charge >= 0.3 is 0 Å². The summed E-state index contributed by atoms with van der Waals surface area (Å²) in [5, 5.41) is 3.05. The number of rotatable bonds is 5. The molecule has 2 N–H and O–H groups in total. The normalized spacial score (nSPS) is 23.9. The minimum Gasteiger partial charge on any atom is -0.444 e. The third-order valence-electron chi connectivity index (χ3n) is 6.47. The first-order valence-corrected chi connectivity index (χ1v) is 11.9. The summed E-state index contributed by atoms with van der Waals surface area (Å²) in [4.78, 5) is 30.1. The number of nitrogens with zero attached hydrogens (tertiary/aromatic N) is 1. The van der Waals surface area contributed by atoms with Crippen LogP contribution in [0.5, 0.6) is 11.5 Å². The highest BCUT2D eigenvalue weighted by atomic mass is 35.5. The average Bonchev–Trinajstić information content (AvgIpc) is 3.15. The number of aromatic nitrogens is 1. The van der Waals surface area contributed by atoms with Crippen LogP contribution in [0.15, 0.2) is 16.9 Å². The van der Waals surface area contributed by atoms with Crippen LogP contribution >= 0.6 is 23.2 Å². The second-order valence-electron chi connectivity index (χ2n) is 9.24. The Bertz CT molecular complexity index is 1170. The molecule has 10 heteroatoms. The van der Waals surface area contributed by atoms with Crippen LogP contribution in [0.1, 0.15) is 46.9 Å². The number of fused-ring (bicyclic) bond motifs is 1. The molecule has 8 nitrogen and oxygen atoms in total. The van der Waals surface area contributed by atoms with Crippen LogP contribution in [0.25, 0.3) is 0 Å². The maximum Gasteiger partial charge on any atom is 0.275 e. The van der Waals surface area contributed by atoms with Crippen molar-refractivity contribution in [3.05, 3.63) is 54.9 Å². The summed E-state index contributed by atoms with van der Waals surface area (Å²) >= 11 is 13.0. The van der Waals surface area contributed by atoms with Crippen molar-refractivity contribution in [3.8, 4) is 11.5 Å². The second kappa shape index (κ2) is 9.41. The summed E-state index contributed by atoms with van der Waals surface area (Å²) in [7, 11) is 4.05. The van der Waals surface area contributed by atoms with E-state index in [1.807, 2.05) is 27.1 Å². The molecule has 0 saturated carbocycles. The lowest BCUT2D eigenvalue weighted by Crippen LogP contribution is -2.53. The fraction of sp³-hybridized carbons (Fsp3) is 0.500. The van der Waals surface area contributed by atoms with Crippen molar-refractivity contribution in [2.24, 2.45) is 0 Å². The van der Waals surface area contributed by atoms with Crippen molar-refractivity contribution >= 4 is 29.1 Å². The molecule has 1 aromatic carbocycles. The van der Waals surface area contributed by atoms with Crippen molar-refractivity contribution in [2.75, 3.05) is 20.7 Å². The van der Waals surface area contributed by atoms with Crippen LogP contribution < -0.4 is 20.3 Å². The van der Waals surface area contributed by atoms with Crippen LogP contribution in [0.2, 0.25) is 10.0 Å². The predicted molar refractivity (Wildman–Crippen MR) is 130 cm³/mol. The molecule has 1 amide bonds. The molecule has 1 fully saturated rings. The van der Waals surface area contributed by atoms with Crippen molar-refractivity contribution in [3.63, 3.8) is 0 Å². The van der Waals surface area contributed by atoms with Crippen molar-refractivity contribution in [1.82, 2.24) is 15.2 Å². The quantitative estimate of drug-likeness (QED) is 0.636. The van der Waals surface area contributed by atoms with Gasteiger partial charge in [-0.1, -0.05) is 23.2 Å². The maximum atomic E-state index is 13.0. The van der Waals surface area contributed by atoms with Gasteiger partial charge in [-0.2, -0.15) is 0 Å². The minimum absolute atomic E-state index is 0.0450. The topological polar surface area (TPSA) is 92.9 Å². The van der Waals surface area contributed by atoms with Crippen molar-refractivity contribution in [1.29, 1.82) is 0 Å². The first kappa shape index (κ1) is 24.9. The summed E-state index contributed by atoms with van der Waals surface area (Å²) in [5.74, 6) is -1.10. The molecule has 0 bridgehead atoms. The molecule has 1 unspecified atom stereocenters. The number of H-pyrrole nitrogens is 1. The van der Waals surface area contributed by atoms with E-state index in [0.717, 1.165) is 24.1 Å². The number of ether oxygens (including phenoxy) is 3. The molecule has 1 saturated heterocycles. The van der Waals surface area contributed by atoms with Gasteiger partial charge in [-0.05, 0) is 58.5 Å². The molecular formula is C24H29Cl2N3O5. The van der Waals surface area contributed by atoms with Gasteiger partial charge in [0.15, 0.2) is 11.5 Å². The number of halogens is 2. The van der Waals surface area contributed by atoms with E-state index in [9.17, 15) is 9.59 Å². The molecule has 0 radical (unpaired) electrons. The van der Waals surface area contributed by atoms with E-state index in [4.69, 9.17) is 37.4 Å². The van der Waals surface area contributed by atoms with E-state index in [1.54, 1.807) is 13.8 Å². The Kier molecular flexibility index (Phi) is 6.88. The lowest BCUT2D eigenvalue weighted by atomic mass is 9.99. The maximum absolute atomic E-state index is 13.0. The highest BCUT2D eigenvalue weighted by Gasteiger charge is 2.49. The summed E-state index contributed by atoms with van der Waals surface area (Å²) in [5.41, 5.74) is 1.91. The SMILES string of the molecule is Cc1cc(C)c(CNC(=O)c2cc(Cl)c3c(c2Cl)OC(C)([C@@H]2CC[C@@H](N(C)C)CO2)O3)c(=O)[nH]1. The molecule has 4 rings (SSSR count). The Labute approximate surface area is 208 Å². The molecule has 3 heterocycles. The van der Waals surface area contributed by atoms with Gasteiger partial charge in [0.2, 0.25) is 0 Å². The van der Waals surface area contributed by atoms with E-state index < -0.39 is 11.7 Å². The number of hydrogen-bond acceptors (Lipinski definition) is 6. The van der Waals surface area contributed by atoms with Gasteiger partial charge in [0.1, 0.15) is 6.10 Å². The smallest absolute Gasteiger partial charge is 0.275 e. The van der Waals surface area contributed by atoms with Crippen LogP contribution in [0.3, 0.4) is 0 Å². The molecule has 3 atom stereocenters. The number of amides is 1. The second-order valence-corrected chi connectivity index (χ2v) is 10.0. The molecule has 2 aliphatic rings. The summed E-state index contributed by atoms with van der Waals surface area (Å²) in [6.45, 7) is 6.01. The fourth-order valence-corrected chi connectivity index (χ4v) is 4.92. The van der Waals surface area contributed by atoms with Gasteiger partial charge in [0, 0.05) is 30.8 Å². The van der Waals surface area contributed by atoms with Gasteiger partial charge < -0.3 is 29.4 Å². The van der Waals surface area contributed by atoms with E-state index in [2.05, 4.69) is 15.2 Å². The molecule has 1 aromatic heterocycles. The molecular weight excluding hydrogens is 481 g/mol. The Morgan fingerprint density at radius 2 is 1.91 bits per heavy atom. The van der Waals surface area contributed by atoms with Gasteiger partial charge in [-0.15, -0.1) is 0 Å². The van der Waals surface area contributed by atoms with Gasteiger partial charge in [-0.3, -0.25) is 9.59 Å². The Balaban J connectivity index is 1.52. The zero-order valence-corrected chi connectivity index (χ0v) is 21.4. The van der Waals surface area contributed by atoms with Crippen LogP contribution in [0.4, 0.5) is 0 Å². The number of carbonyl (C=O) groups excluding carboxylic acids is 1. The first-order chi connectivity index (χ1) is 16.0. The largest absolute Gasteiger partial charge is 0.444 e. The summed E-state index contributed by atoms with van der Waals surface area (Å²) in [6, 6.07) is 3.63. The number of aryl methyl sites for hydroxylation is 2. The lowest BCUT2D eigenvalue weighted by molar-refractivity contribution is -0.190. The minimum atomic E-state index is -1.12. The average molecular weight is 510 g/mol. The van der Waals surface area contributed by atoms with Crippen molar-refractivity contribution in [2.45, 2.75) is 58.1 Å². The van der Waals surface area contributed by atoms with E-state index >= 15 is 0 Å². The molecule has 184 valence electrons. The van der Waals surface area contributed by atoms with Crippen LogP contribution in [-0.4, -0.2) is 54.4 Å². The van der Waals surface area contributed by atoms with Gasteiger partial charge in [-0.25, -0.2) is 0 Å². The standard InChI is InChI=1S/C24H29Cl2N3O5/c1-12-8-13(2)28-23(31)16(12)10-27-22(30)15-9-17(25)20-21(19(15)26)34-24(3,33-20)18-7-6-14(11-32-18)29(4)5/h8-9,14,18H,6-7,10-11H2,1-5H3,(H,27,30)(H,28,31)/t14-,18+,24?/m1/s1. The number of aromatic amines is 1. The molecule has 2 aliphatic heterocycles. The number of carbonyl (C=O) groups is 1. The van der Waals surface area contributed by atoms with E-state index in [1.165, 1.54) is 6.07 Å². The van der Waals surface area contributed by atoms with Crippen LogP contribution in [0, 0.1) is 13.8 Å². The predicted octanol–water partition coefficient (Wildman–Crippen LogP) is 3.83. The molecule has 0 spiro atoms. The highest BCUT2D eigenvalue weighted by molar-refractivity contribution is 6.38. The number of hydrogen-bond donors (Lipinski definition) is 2. The first-order valence-electron chi connectivity index (χ1n) is 11.2. The zero-order valence-electron chi connectivity index (χ0n) is 19.9. The lowest BCUT2D eigenvalue weighted by Gasteiger charge is -2.38. The monoisotopic (exact) mass is 509 g/mol. The molecule has 0 aliphatic carbocycles. The Morgan fingerprint density at radius 1 is 1.21 bits per heavy atom. The Morgan fingerprint density at radius 3 is 2.53 bits per heavy atom. The Hall–Kier alpha value is -2.26. The zero-order chi connectivity index (χ0) is 24.8. The van der Waals surface area contributed by atoms with Gasteiger partial charge in [0.25, 0.3) is 17.3 Å². The molecule has 34 heavy (non-hydrogen) atoms. The number of likely N-dealkylation sites (N-methyl/N-ethyl adjacent to an activating group) is 1. The summed E-state index contributed by atoms with van der Waals surface area (Å²) < 4.78 is 18.3. The summed E-state index contributed by atoms with van der Waals surface area (Å²) in [6.07, 6.45) is 1.35. The third kappa shape index (κ3) is 4.64. The van der Waals surface area contributed by atoms with E-state index in [-0.39, 0.29) is 45.3 Å². The fourth-order valence-electron chi connectivity index (χ4n) is 4.42. The highest BCUT2D eigenvalue weighted by Crippen LogP contribution is 2.51. The number of nitrogens with one attached hydrogen (secondary N) is 2.